The van der Waals surface area contributed by atoms with Crippen LogP contribution in [0, 0.1) is 0 Å². The number of nitrogens with zero attached hydrogens (tertiary/aromatic N) is 4. The average molecular weight is 268 g/mol. The molecule has 5 heteroatoms. The molecule has 20 heavy (non-hydrogen) atoms. The van der Waals surface area contributed by atoms with E-state index in [1.54, 1.807) is 15.6 Å². The molecular weight excluding hydrogens is 252 g/mol. The van der Waals surface area contributed by atoms with Gasteiger partial charge in [-0.3, -0.25) is 14.2 Å². The van der Waals surface area contributed by atoms with E-state index in [9.17, 15) is 4.79 Å². The monoisotopic (exact) mass is 268 g/mol. The molecule has 3 rings (SSSR count). The summed E-state index contributed by atoms with van der Waals surface area (Å²) in [7, 11) is 3.75. The van der Waals surface area contributed by atoms with Crippen molar-refractivity contribution < 1.29 is 4.79 Å². The Hall–Kier alpha value is -2.43. The summed E-state index contributed by atoms with van der Waals surface area (Å²) >= 11 is 0. The second-order valence-corrected chi connectivity index (χ2v) is 4.86. The Morgan fingerprint density at radius 3 is 2.70 bits per heavy atom. The normalized spacial score (nSPS) is 11.1. The first-order chi connectivity index (χ1) is 9.66. The highest BCUT2D eigenvalue weighted by Crippen LogP contribution is 2.19. The molecule has 0 amide bonds. The van der Waals surface area contributed by atoms with Crippen molar-refractivity contribution in [1.29, 1.82) is 0 Å². The summed E-state index contributed by atoms with van der Waals surface area (Å²) < 4.78 is 3.55. The number of fused-ring (bicyclic) bond motifs is 1. The largest absolute Gasteiger partial charge is 0.292 e. The number of rotatable bonds is 4. The number of benzene rings is 1. The van der Waals surface area contributed by atoms with Crippen molar-refractivity contribution in [2.45, 2.75) is 12.8 Å². The Morgan fingerprint density at radius 1 is 1.15 bits per heavy atom. The molecule has 0 bridgehead atoms. The SMILES string of the molecule is Cn1nccc1CCC(=O)c1nn(C)c2ccccc12. The van der Waals surface area contributed by atoms with Gasteiger partial charge in [0, 0.05) is 37.8 Å². The number of para-hydroxylation sites is 1. The molecule has 5 nitrogen and oxygen atoms in total. The Morgan fingerprint density at radius 2 is 1.95 bits per heavy atom. The summed E-state index contributed by atoms with van der Waals surface area (Å²) in [6.07, 6.45) is 2.87. The van der Waals surface area contributed by atoms with Crippen molar-refractivity contribution >= 4 is 16.7 Å². The van der Waals surface area contributed by atoms with Gasteiger partial charge in [-0.1, -0.05) is 18.2 Å². The van der Waals surface area contributed by atoms with Crippen LogP contribution in [0.25, 0.3) is 10.9 Å². The van der Waals surface area contributed by atoms with Gasteiger partial charge in [-0.15, -0.1) is 0 Å². The van der Waals surface area contributed by atoms with Crippen LogP contribution in [-0.4, -0.2) is 25.3 Å². The van der Waals surface area contributed by atoms with E-state index >= 15 is 0 Å². The van der Waals surface area contributed by atoms with Crippen LogP contribution in [0.1, 0.15) is 22.6 Å². The molecule has 0 unspecified atom stereocenters. The first-order valence-corrected chi connectivity index (χ1v) is 6.58. The average Bonchev–Trinajstić information content (AvgIpc) is 3.01. The summed E-state index contributed by atoms with van der Waals surface area (Å²) in [6, 6.07) is 9.74. The number of hydrogen-bond donors (Lipinski definition) is 0. The highest BCUT2D eigenvalue weighted by Gasteiger charge is 2.15. The lowest BCUT2D eigenvalue weighted by Gasteiger charge is -2.00. The van der Waals surface area contributed by atoms with Gasteiger partial charge in [0.2, 0.25) is 0 Å². The van der Waals surface area contributed by atoms with E-state index in [4.69, 9.17) is 0 Å². The van der Waals surface area contributed by atoms with Gasteiger partial charge >= 0.3 is 0 Å². The fourth-order valence-electron chi connectivity index (χ4n) is 2.43. The number of aryl methyl sites for hydroxylation is 3. The van der Waals surface area contributed by atoms with Crippen molar-refractivity contribution in [3.8, 4) is 0 Å². The highest BCUT2D eigenvalue weighted by molar-refractivity contribution is 6.06. The number of hydrogen-bond acceptors (Lipinski definition) is 3. The molecular formula is C15H16N4O. The number of ketones is 1. The van der Waals surface area contributed by atoms with Crippen molar-refractivity contribution in [3.63, 3.8) is 0 Å². The minimum absolute atomic E-state index is 0.0722. The molecule has 0 saturated heterocycles. The third kappa shape index (κ3) is 2.11. The fraction of sp³-hybridized carbons (Fsp3) is 0.267. The standard InChI is InChI=1S/C15H16N4O/c1-18-11(9-10-16-18)7-8-14(20)15-12-5-3-4-6-13(12)19(2)17-15/h3-6,9-10H,7-8H2,1-2H3. The molecule has 0 radical (unpaired) electrons. The van der Waals surface area contributed by atoms with E-state index in [0.717, 1.165) is 16.6 Å². The van der Waals surface area contributed by atoms with Crippen LogP contribution >= 0.6 is 0 Å². The maximum absolute atomic E-state index is 12.4. The fourth-order valence-corrected chi connectivity index (χ4v) is 2.43. The minimum Gasteiger partial charge on any atom is -0.292 e. The molecule has 0 N–H and O–H groups in total. The summed E-state index contributed by atoms with van der Waals surface area (Å²) in [5, 5.41) is 9.39. The van der Waals surface area contributed by atoms with E-state index in [1.165, 1.54) is 0 Å². The van der Waals surface area contributed by atoms with Crippen molar-refractivity contribution in [2.24, 2.45) is 14.1 Å². The molecule has 0 atom stereocenters. The molecule has 2 aromatic heterocycles. The molecule has 0 saturated carbocycles. The van der Waals surface area contributed by atoms with Crippen LogP contribution < -0.4 is 0 Å². The van der Waals surface area contributed by atoms with E-state index in [0.29, 0.717) is 18.5 Å². The van der Waals surface area contributed by atoms with Crippen LogP contribution in [0.2, 0.25) is 0 Å². The van der Waals surface area contributed by atoms with Gasteiger partial charge in [0.15, 0.2) is 5.78 Å². The lowest BCUT2D eigenvalue weighted by molar-refractivity contribution is 0.0978. The molecule has 1 aromatic carbocycles. The van der Waals surface area contributed by atoms with Crippen LogP contribution in [0.4, 0.5) is 0 Å². The molecule has 0 aliphatic rings. The Labute approximate surface area is 116 Å². The third-order valence-corrected chi connectivity index (χ3v) is 3.55. The van der Waals surface area contributed by atoms with Crippen molar-refractivity contribution in [2.75, 3.05) is 0 Å². The first-order valence-electron chi connectivity index (χ1n) is 6.58. The summed E-state index contributed by atoms with van der Waals surface area (Å²) in [4.78, 5) is 12.4. The minimum atomic E-state index is 0.0722. The quantitative estimate of drug-likeness (QED) is 0.681. The molecule has 0 aliphatic carbocycles. The Kier molecular flexibility index (Phi) is 3.10. The van der Waals surface area contributed by atoms with Crippen molar-refractivity contribution in [3.05, 3.63) is 47.9 Å². The molecule has 3 aromatic rings. The van der Waals surface area contributed by atoms with E-state index in [-0.39, 0.29) is 5.78 Å². The molecule has 0 aliphatic heterocycles. The summed E-state index contributed by atoms with van der Waals surface area (Å²) in [6.45, 7) is 0. The van der Waals surface area contributed by atoms with Crippen LogP contribution in [-0.2, 0) is 20.5 Å². The summed E-state index contributed by atoms with van der Waals surface area (Å²) in [5.41, 5.74) is 2.60. The van der Waals surface area contributed by atoms with E-state index in [1.807, 2.05) is 44.4 Å². The lowest BCUT2D eigenvalue weighted by atomic mass is 10.1. The van der Waals surface area contributed by atoms with Gasteiger partial charge in [0.1, 0.15) is 5.69 Å². The molecule has 0 fully saturated rings. The zero-order chi connectivity index (χ0) is 14.1. The van der Waals surface area contributed by atoms with Crippen LogP contribution in [0.5, 0.6) is 0 Å². The van der Waals surface area contributed by atoms with E-state index < -0.39 is 0 Å². The Bertz CT molecular complexity index is 769. The number of carbonyl (C=O) groups is 1. The Balaban J connectivity index is 1.84. The number of aromatic nitrogens is 4. The predicted octanol–water partition coefficient (Wildman–Crippen LogP) is 2.12. The van der Waals surface area contributed by atoms with Crippen LogP contribution in [0.3, 0.4) is 0 Å². The lowest BCUT2D eigenvalue weighted by Crippen LogP contribution is -2.06. The topological polar surface area (TPSA) is 52.7 Å². The predicted molar refractivity (Wildman–Crippen MR) is 76.6 cm³/mol. The van der Waals surface area contributed by atoms with E-state index in [2.05, 4.69) is 10.2 Å². The van der Waals surface area contributed by atoms with Gasteiger partial charge in [-0.2, -0.15) is 10.2 Å². The van der Waals surface area contributed by atoms with Gasteiger partial charge < -0.3 is 0 Å². The van der Waals surface area contributed by atoms with Gasteiger partial charge in [-0.25, -0.2) is 0 Å². The summed E-state index contributed by atoms with van der Waals surface area (Å²) in [5.74, 6) is 0.0722. The third-order valence-electron chi connectivity index (χ3n) is 3.55. The first kappa shape index (κ1) is 12.6. The maximum Gasteiger partial charge on any atom is 0.184 e. The number of carbonyl (C=O) groups excluding carboxylic acids is 1. The maximum atomic E-state index is 12.4. The highest BCUT2D eigenvalue weighted by atomic mass is 16.1. The van der Waals surface area contributed by atoms with Crippen LogP contribution in [0.15, 0.2) is 36.5 Å². The smallest absolute Gasteiger partial charge is 0.184 e. The zero-order valence-electron chi connectivity index (χ0n) is 11.6. The molecule has 0 spiro atoms. The van der Waals surface area contributed by atoms with Crippen molar-refractivity contribution in [1.82, 2.24) is 19.6 Å². The second kappa shape index (κ2) is 4.92. The van der Waals surface area contributed by atoms with Gasteiger partial charge in [-0.05, 0) is 18.6 Å². The van der Waals surface area contributed by atoms with Gasteiger partial charge in [0.05, 0.1) is 5.52 Å². The molecule has 102 valence electrons. The molecule has 2 heterocycles. The van der Waals surface area contributed by atoms with Gasteiger partial charge in [0.25, 0.3) is 0 Å². The zero-order valence-corrected chi connectivity index (χ0v) is 11.6. The number of Topliss-reactive ketones (excluding diaryl/α,β-unsaturated/α-hetero) is 1. The second-order valence-electron chi connectivity index (χ2n) is 4.86.